The Morgan fingerprint density at radius 1 is 1.29 bits per heavy atom. The standard InChI is InChI=1S/C14H24N2O/c1-16(11-13-7-4-3-5-8-13)14(12-17-2)9-6-10-15/h3-5,7-8,14H,6,9-12,15H2,1-2H3. The van der Waals surface area contributed by atoms with E-state index < -0.39 is 0 Å². The molecule has 1 rings (SSSR count). The van der Waals surface area contributed by atoms with E-state index in [4.69, 9.17) is 10.5 Å². The van der Waals surface area contributed by atoms with Crippen LogP contribution < -0.4 is 5.73 Å². The van der Waals surface area contributed by atoms with Crippen molar-refractivity contribution < 1.29 is 4.74 Å². The highest BCUT2D eigenvalue weighted by atomic mass is 16.5. The third kappa shape index (κ3) is 5.31. The second-order valence-electron chi connectivity index (χ2n) is 4.44. The summed E-state index contributed by atoms with van der Waals surface area (Å²) in [7, 11) is 3.90. The molecule has 0 amide bonds. The Morgan fingerprint density at radius 2 is 2.00 bits per heavy atom. The van der Waals surface area contributed by atoms with E-state index in [-0.39, 0.29) is 0 Å². The molecule has 0 radical (unpaired) electrons. The lowest BCUT2D eigenvalue weighted by Crippen LogP contribution is -2.35. The minimum Gasteiger partial charge on any atom is -0.383 e. The summed E-state index contributed by atoms with van der Waals surface area (Å²) in [6.07, 6.45) is 2.14. The number of ether oxygens (including phenoxy) is 1. The fourth-order valence-electron chi connectivity index (χ4n) is 1.98. The van der Waals surface area contributed by atoms with E-state index in [1.165, 1.54) is 5.56 Å². The Labute approximate surface area is 105 Å². The van der Waals surface area contributed by atoms with Gasteiger partial charge in [-0.15, -0.1) is 0 Å². The van der Waals surface area contributed by atoms with Crippen molar-refractivity contribution >= 4 is 0 Å². The van der Waals surface area contributed by atoms with Crippen LogP contribution in [0.2, 0.25) is 0 Å². The van der Waals surface area contributed by atoms with E-state index in [0.29, 0.717) is 6.04 Å². The number of nitrogens with two attached hydrogens (primary N) is 1. The topological polar surface area (TPSA) is 38.5 Å². The Kier molecular flexibility index (Phi) is 6.86. The predicted molar refractivity (Wildman–Crippen MR) is 71.9 cm³/mol. The molecule has 0 bridgehead atoms. The summed E-state index contributed by atoms with van der Waals surface area (Å²) in [4.78, 5) is 2.34. The zero-order valence-corrected chi connectivity index (χ0v) is 10.9. The van der Waals surface area contributed by atoms with Gasteiger partial charge >= 0.3 is 0 Å². The zero-order chi connectivity index (χ0) is 12.5. The third-order valence-corrected chi connectivity index (χ3v) is 3.00. The molecule has 3 heteroatoms. The van der Waals surface area contributed by atoms with E-state index in [0.717, 1.165) is 32.5 Å². The van der Waals surface area contributed by atoms with Gasteiger partial charge < -0.3 is 10.5 Å². The molecule has 0 saturated carbocycles. The fraction of sp³-hybridized carbons (Fsp3) is 0.571. The molecule has 1 atom stereocenters. The van der Waals surface area contributed by atoms with Crippen LogP contribution in [-0.2, 0) is 11.3 Å². The van der Waals surface area contributed by atoms with Crippen LogP contribution >= 0.6 is 0 Å². The SMILES string of the molecule is COCC(CCCN)N(C)Cc1ccccc1. The van der Waals surface area contributed by atoms with Gasteiger partial charge in [-0.05, 0) is 32.0 Å². The molecule has 0 aliphatic carbocycles. The summed E-state index contributed by atoms with van der Waals surface area (Å²) in [6, 6.07) is 11.0. The maximum Gasteiger partial charge on any atom is 0.0618 e. The van der Waals surface area contributed by atoms with Gasteiger partial charge in [0.2, 0.25) is 0 Å². The van der Waals surface area contributed by atoms with Crippen LogP contribution in [0, 0.1) is 0 Å². The molecule has 0 fully saturated rings. The molecule has 0 aromatic heterocycles. The summed E-state index contributed by atoms with van der Waals surface area (Å²) in [5.74, 6) is 0. The lowest BCUT2D eigenvalue weighted by molar-refractivity contribution is 0.0962. The fourth-order valence-corrected chi connectivity index (χ4v) is 1.98. The van der Waals surface area contributed by atoms with Crippen LogP contribution in [0.5, 0.6) is 0 Å². The number of hydrogen-bond donors (Lipinski definition) is 1. The van der Waals surface area contributed by atoms with Crippen molar-refractivity contribution in [3.05, 3.63) is 35.9 Å². The molecule has 1 aromatic carbocycles. The smallest absolute Gasteiger partial charge is 0.0618 e. The zero-order valence-electron chi connectivity index (χ0n) is 10.9. The average Bonchev–Trinajstić information content (AvgIpc) is 2.35. The number of rotatable bonds is 8. The Balaban J connectivity index is 2.49. The Morgan fingerprint density at radius 3 is 2.59 bits per heavy atom. The molecule has 0 aliphatic heterocycles. The normalized spacial score (nSPS) is 12.9. The van der Waals surface area contributed by atoms with Crippen LogP contribution in [0.4, 0.5) is 0 Å². The highest BCUT2D eigenvalue weighted by molar-refractivity contribution is 5.14. The van der Waals surface area contributed by atoms with E-state index >= 15 is 0 Å². The molecule has 1 unspecified atom stereocenters. The summed E-state index contributed by atoms with van der Waals surface area (Å²) in [6.45, 7) is 2.47. The largest absolute Gasteiger partial charge is 0.383 e. The van der Waals surface area contributed by atoms with E-state index in [1.807, 2.05) is 6.07 Å². The van der Waals surface area contributed by atoms with Gasteiger partial charge in [0.05, 0.1) is 6.61 Å². The maximum absolute atomic E-state index is 5.57. The molecule has 0 saturated heterocycles. The van der Waals surface area contributed by atoms with Crippen molar-refractivity contribution in [1.29, 1.82) is 0 Å². The summed E-state index contributed by atoms with van der Waals surface area (Å²) in [5, 5.41) is 0. The minimum atomic E-state index is 0.448. The molecule has 1 aromatic rings. The van der Waals surface area contributed by atoms with Crippen LogP contribution in [0.3, 0.4) is 0 Å². The summed E-state index contributed by atoms with van der Waals surface area (Å²) >= 11 is 0. The second kappa shape index (κ2) is 8.23. The van der Waals surface area contributed by atoms with Gasteiger partial charge in [0.15, 0.2) is 0 Å². The molecule has 0 spiro atoms. The van der Waals surface area contributed by atoms with Gasteiger partial charge in [-0.2, -0.15) is 0 Å². The van der Waals surface area contributed by atoms with Gasteiger partial charge in [0.1, 0.15) is 0 Å². The lowest BCUT2D eigenvalue weighted by atomic mass is 10.1. The van der Waals surface area contributed by atoms with Crippen molar-refractivity contribution in [3.8, 4) is 0 Å². The van der Waals surface area contributed by atoms with Gasteiger partial charge in [-0.3, -0.25) is 4.90 Å². The molecule has 0 aliphatic rings. The third-order valence-electron chi connectivity index (χ3n) is 3.00. The number of hydrogen-bond acceptors (Lipinski definition) is 3. The number of nitrogens with zero attached hydrogens (tertiary/aromatic N) is 1. The first-order valence-electron chi connectivity index (χ1n) is 6.21. The molecule has 3 nitrogen and oxygen atoms in total. The highest BCUT2D eigenvalue weighted by Gasteiger charge is 2.14. The van der Waals surface area contributed by atoms with Crippen molar-refractivity contribution in [1.82, 2.24) is 4.90 Å². The van der Waals surface area contributed by atoms with Crippen LogP contribution in [0.25, 0.3) is 0 Å². The van der Waals surface area contributed by atoms with Gasteiger partial charge in [0, 0.05) is 19.7 Å². The van der Waals surface area contributed by atoms with Crippen molar-refractivity contribution in [2.24, 2.45) is 5.73 Å². The monoisotopic (exact) mass is 236 g/mol. The van der Waals surface area contributed by atoms with E-state index in [2.05, 4.69) is 36.2 Å². The molecular formula is C14H24N2O. The molecule has 0 heterocycles. The number of likely N-dealkylation sites (N-methyl/N-ethyl adjacent to an activating group) is 1. The van der Waals surface area contributed by atoms with Gasteiger partial charge in [-0.25, -0.2) is 0 Å². The second-order valence-corrected chi connectivity index (χ2v) is 4.44. The quantitative estimate of drug-likeness (QED) is 0.749. The minimum absolute atomic E-state index is 0.448. The van der Waals surface area contributed by atoms with Gasteiger partial charge in [0.25, 0.3) is 0 Å². The molecule has 96 valence electrons. The molecular weight excluding hydrogens is 212 g/mol. The lowest BCUT2D eigenvalue weighted by Gasteiger charge is -2.27. The first kappa shape index (κ1) is 14.2. The molecule has 17 heavy (non-hydrogen) atoms. The van der Waals surface area contributed by atoms with Crippen molar-refractivity contribution in [3.63, 3.8) is 0 Å². The maximum atomic E-state index is 5.57. The highest BCUT2D eigenvalue weighted by Crippen LogP contribution is 2.10. The van der Waals surface area contributed by atoms with E-state index in [9.17, 15) is 0 Å². The summed E-state index contributed by atoms with van der Waals surface area (Å²) in [5.41, 5.74) is 6.90. The van der Waals surface area contributed by atoms with Crippen molar-refractivity contribution in [2.45, 2.75) is 25.4 Å². The van der Waals surface area contributed by atoms with Crippen LogP contribution in [-0.4, -0.2) is 38.3 Å². The number of methoxy groups -OCH3 is 1. The van der Waals surface area contributed by atoms with E-state index in [1.54, 1.807) is 7.11 Å². The number of benzene rings is 1. The predicted octanol–water partition coefficient (Wildman–Crippen LogP) is 1.87. The van der Waals surface area contributed by atoms with Gasteiger partial charge in [-0.1, -0.05) is 30.3 Å². The molecule has 2 N–H and O–H groups in total. The first-order valence-corrected chi connectivity index (χ1v) is 6.21. The average molecular weight is 236 g/mol. The Hall–Kier alpha value is -0.900. The Bertz CT molecular complexity index is 290. The van der Waals surface area contributed by atoms with Crippen molar-refractivity contribution in [2.75, 3.05) is 27.3 Å². The summed E-state index contributed by atoms with van der Waals surface area (Å²) < 4.78 is 5.28. The van der Waals surface area contributed by atoms with Crippen LogP contribution in [0.1, 0.15) is 18.4 Å². The van der Waals surface area contributed by atoms with Crippen LogP contribution in [0.15, 0.2) is 30.3 Å². The first-order chi connectivity index (χ1) is 8.27.